The van der Waals surface area contributed by atoms with Gasteiger partial charge in [0.2, 0.25) is 11.7 Å². The van der Waals surface area contributed by atoms with Crippen molar-refractivity contribution in [3.05, 3.63) is 36.4 Å². The molecule has 6 nitrogen and oxygen atoms in total. The number of rotatable bonds is 2. The third-order valence-electron chi connectivity index (χ3n) is 3.63. The molecule has 1 aliphatic heterocycles. The second kappa shape index (κ2) is 4.82. The molecule has 1 atom stereocenters. The predicted molar refractivity (Wildman–Crippen MR) is 72.7 cm³/mol. The van der Waals surface area contributed by atoms with Crippen molar-refractivity contribution in [1.29, 1.82) is 0 Å². The number of para-hydroxylation sites is 1. The smallest absolute Gasteiger partial charge is 0.239 e. The molecular weight excluding hydrogens is 272 g/mol. The van der Waals surface area contributed by atoms with Crippen molar-refractivity contribution in [2.75, 3.05) is 13.2 Å². The van der Waals surface area contributed by atoms with Gasteiger partial charge in [0, 0.05) is 11.8 Å². The molecule has 0 radical (unpaired) electrons. The van der Waals surface area contributed by atoms with Crippen LogP contribution in [0.2, 0.25) is 0 Å². The average Bonchev–Trinajstić information content (AvgIpc) is 3.14. The molecule has 2 aromatic heterocycles. The summed E-state index contributed by atoms with van der Waals surface area (Å²) in [4.78, 5) is 16.2. The van der Waals surface area contributed by atoms with Crippen LogP contribution >= 0.6 is 0 Å². The Morgan fingerprint density at radius 2 is 2.14 bits per heavy atom. The van der Waals surface area contributed by atoms with Crippen LogP contribution in [-0.4, -0.2) is 29.1 Å². The number of hydrogen-bond donors (Lipinski definition) is 0. The SMILES string of the molecule is O=C1CCOCC1c1nc(-c2coc3ccccc23)no1. The minimum atomic E-state index is -0.460. The highest BCUT2D eigenvalue weighted by Crippen LogP contribution is 2.30. The van der Waals surface area contributed by atoms with Crippen molar-refractivity contribution in [3.63, 3.8) is 0 Å². The normalized spacial score (nSPS) is 19.2. The van der Waals surface area contributed by atoms with Crippen molar-refractivity contribution < 1.29 is 18.5 Å². The molecule has 6 heteroatoms. The van der Waals surface area contributed by atoms with Crippen LogP contribution in [0.1, 0.15) is 18.2 Å². The van der Waals surface area contributed by atoms with Gasteiger partial charge in [-0.2, -0.15) is 4.98 Å². The zero-order chi connectivity index (χ0) is 14.2. The largest absolute Gasteiger partial charge is 0.464 e. The molecule has 4 rings (SSSR count). The van der Waals surface area contributed by atoms with E-state index in [0.29, 0.717) is 31.3 Å². The molecule has 106 valence electrons. The Kier molecular flexibility index (Phi) is 2.82. The van der Waals surface area contributed by atoms with Crippen molar-refractivity contribution in [1.82, 2.24) is 10.1 Å². The number of nitrogens with zero attached hydrogens (tertiary/aromatic N) is 2. The third-order valence-corrected chi connectivity index (χ3v) is 3.63. The van der Waals surface area contributed by atoms with Crippen molar-refractivity contribution in [3.8, 4) is 11.4 Å². The molecule has 3 heterocycles. The van der Waals surface area contributed by atoms with Crippen LogP contribution in [0, 0.1) is 0 Å². The van der Waals surface area contributed by atoms with Crippen LogP contribution < -0.4 is 0 Å². The summed E-state index contributed by atoms with van der Waals surface area (Å²) in [5.74, 6) is 0.347. The maximum absolute atomic E-state index is 11.9. The fraction of sp³-hybridized carbons (Fsp3) is 0.267. The minimum absolute atomic E-state index is 0.0773. The summed E-state index contributed by atoms with van der Waals surface area (Å²) in [6.45, 7) is 0.759. The quantitative estimate of drug-likeness (QED) is 0.719. The fourth-order valence-corrected chi connectivity index (χ4v) is 2.49. The maximum Gasteiger partial charge on any atom is 0.239 e. The van der Waals surface area contributed by atoms with Gasteiger partial charge in [-0.05, 0) is 6.07 Å². The molecule has 3 aromatic rings. The molecular formula is C15H12N2O4. The topological polar surface area (TPSA) is 78.4 Å². The van der Waals surface area contributed by atoms with Gasteiger partial charge in [-0.1, -0.05) is 23.4 Å². The van der Waals surface area contributed by atoms with Gasteiger partial charge in [-0.3, -0.25) is 4.79 Å². The Bertz CT molecular complexity index is 805. The summed E-state index contributed by atoms with van der Waals surface area (Å²) >= 11 is 0. The third kappa shape index (κ3) is 2.04. The number of furan rings is 1. The summed E-state index contributed by atoms with van der Waals surface area (Å²) in [7, 11) is 0. The lowest BCUT2D eigenvalue weighted by Gasteiger charge is -2.16. The number of hydrogen-bond acceptors (Lipinski definition) is 6. The van der Waals surface area contributed by atoms with Crippen LogP contribution in [0.3, 0.4) is 0 Å². The van der Waals surface area contributed by atoms with E-state index < -0.39 is 5.92 Å². The van der Waals surface area contributed by atoms with Crippen molar-refractivity contribution in [2.45, 2.75) is 12.3 Å². The molecule has 0 bridgehead atoms. The fourth-order valence-electron chi connectivity index (χ4n) is 2.49. The van der Waals surface area contributed by atoms with E-state index >= 15 is 0 Å². The molecule has 1 saturated heterocycles. The second-order valence-corrected chi connectivity index (χ2v) is 4.95. The molecule has 0 aliphatic carbocycles. The number of ketones is 1. The molecule has 0 amide bonds. The number of Topliss-reactive ketones (excluding diaryl/α,β-unsaturated/α-hetero) is 1. The molecule has 0 saturated carbocycles. The van der Waals surface area contributed by atoms with Gasteiger partial charge >= 0.3 is 0 Å². The number of aromatic nitrogens is 2. The predicted octanol–water partition coefficient (Wildman–Crippen LogP) is 2.56. The Labute approximate surface area is 119 Å². The second-order valence-electron chi connectivity index (χ2n) is 4.95. The van der Waals surface area contributed by atoms with Gasteiger partial charge in [0.15, 0.2) is 0 Å². The van der Waals surface area contributed by atoms with Crippen LogP contribution in [0.25, 0.3) is 22.4 Å². The van der Waals surface area contributed by atoms with E-state index in [0.717, 1.165) is 16.5 Å². The van der Waals surface area contributed by atoms with E-state index in [1.54, 1.807) is 6.26 Å². The summed E-state index contributed by atoms with van der Waals surface area (Å²) in [6, 6.07) is 7.62. The number of fused-ring (bicyclic) bond motifs is 1. The van der Waals surface area contributed by atoms with E-state index in [4.69, 9.17) is 13.7 Å². The molecule has 1 unspecified atom stereocenters. The standard InChI is InChI=1S/C15H12N2O4/c18-12-5-6-19-7-11(12)15-16-14(17-21-15)10-8-20-13-4-2-1-3-9(10)13/h1-4,8,11H,5-7H2. The zero-order valence-electron chi connectivity index (χ0n) is 11.1. The van der Waals surface area contributed by atoms with Gasteiger partial charge < -0.3 is 13.7 Å². The Morgan fingerprint density at radius 1 is 1.24 bits per heavy atom. The van der Waals surface area contributed by atoms with Gasteiger partial charge in [-0.15, -0.1) is 0 Å². The molecule has 0 N–H and O–H groups in total. The Hall–Kier alpha value is -2.47. The maximum atomic E-state index is 11.9. The first kappa shape index (κ1) is 12.3. The van der Waals surface area contributed by atoms with E-state index in [2.05, 4.69) is 10.1 Å². The van der Waals surface area contributed by atoms with Crippen LogP contribution in [0.5, 0.6) is 0 Å². The van der Waals surface area contributed by atoms with Crippen LogP contribution in [0.4, 0.5) is 0 Å². The summed E-state index contributed by atoms with van der Waals surface area (Å²) in [5.41, 5.74) is 1.51. The van der Waals surface area contributed by atoms with E-state index in [9.17, 15) is 4.79 Å². The van der Waals surface area contributed by atoms with Gasteiger partial charge in [0.1, 0.15) is 23.5 Å². The molecule has 1 aliphatic rings. The van der Waals surface area contributed by atoms with Gasteiger partial charge in [0.05, 0.1) is 18.8 Å². The van der Waals surface area contributed by atoms with Gasteiger partial charge in [-0.25, -0.2) is 0 Å². The molecule has 0 spiro atoms. The van der Waals surface area contributed by atoms with Crippen molar-refractivity contribution in [2.24, 2.45) is 0 Å². The monoisotopic (exact) mass is 284 g/mol. The lowest BCUT2D eigenvalue weighted by Crippen LogP contribution is -2.25. The van der Waals surface area contributed by atoms with E-state index in [1.807, 2.05) is 24.3 Å². The van der Waals surface area contributed by atoms with Crippen LogP contribution in [-0.2, 0) is 9.53 Å². The number of carbonyl (C=O) groups is 1. The minimum Gasteiger partial charge on any atom is -0.464 e. The zero-order valence-corrected chi connectivity index (χ0v) is 11.1. The first-order valence-electron chi connectivity index (χ1n) is 6.73. The molecule has 1 aromatic carbocycles. The average molecular weight is 284 g/mol. The highest BCUT2D eigenvalue weighted by Gasteiger charge is 2.30. The number of carbonyl (C=O) groups excluding carboxylic acids is 1. The number of benzene rings is 1. The first-order chi connectivity index (χ1) is 10.3. The summed E-state index contributed by atoms with van der Waals surface area (Å²) in [5, 5.41) is 4.88. The molecule has 21 heavy (non-hydrogen) atoms. The van der Waals surface area contributed by atoms with E-state index in [-0.39, 0.29) is 5.78 Å². The Balaban J connectivity index is 1.72. The van der Waals surface area contributed by atoms with Gasteiger partial charge in [0.25, 0.3) is 0 Å². The first-order valence-corrected chi connectivity index (χ1v) is 6.73. The molecule has 1 fully saturated rings. The lowest BCUT2D eigenvalue weighted by molar-refractivity contribution is -0.127. The summed E-state index contributed by atoms with van der Waals surface area (Å²) < 4.78 is 16.0. The lowest BCUT2D eigenvalue weighted by atomic mass is 10.0. The van der Waals surface area contributed by atoms with Crippen LogP contribution in [0.15, 0.2) is 39.5 Å². The summed E-state index contributed by atoms with van der Waals surface area (Å²) in [6.07, 6.45) is 1.98. The highest BCUT2D eigenvalue weighted by atomic mass is 16.5. The Morgan fingerprint density at radius 3 is 3.05 bits per heavy atom. The van der Waals surface area contributed by atoms with Crippen molar-refractivity contribution >= 4 is 16.8 Å². The van der Waals surface area contributed by atoms with E-state index in [1.165, 1.54) is 0 Å². The number of ether oxygens (including phenoxy) is 1. The highest BCUT2D eigenvalue weighted by molar-refractivity contribution is 5.92.